The van der Waals surface area contributed by atoms with Gasteiger partial charge >= 0.3 is 0 Å². The average Bonchev–Trinajstić information content (AvgIpc) is 2.79. The van der Waals surface area contributed by atoms with Gasteiger partial charge in [0.1, 0.15) is 5.75 Å². The van der Waals surface area contributed by atoms with Crippen LogP contribution in [-0.4, -0.2) is 5.11 Å². The second kappa shape index (κ2) is 5.54. The molecule has 0 saturated carbocycles. The zero-order valence-corrected chi connectivity index (χ0v) is 10.8. The standard InChI is InChI=1S/C15H23NO/c1-2-3-4-7-14-13-8-5-6-11(13)9-12(10-16)15(14)17/h9,17H,2-8,10,16H2,1H3. The molecule has 0 atom stereocenters. The molecule has 0 spiro atoms. The van der Waals surface area contributed by atoms with Crippen LogP contribution in [0.1, 0.15) is 54.9 Å². The van der Waals surface area contributed by atoms with Crippen LogP contribution in [0.4, 0.5) is 0 Å². The highest BCUT2D eigenvalue weighted by atomic mass is 16.3. The van der Waals surface area contributed by atoms with Crippen LogP contribution in [0.3, 0.4) is 0 Å². The first-order valence-electron chi connectivity index (χ1n) is 6.83. The Bertz CT molecular complexity index is 398. The van der Waals surface area contributed by atoms with Crippen molar-refractivity contribution in [3.8, 4) is 5.75 Å². The van der Waals surface area contributed by atoms with Crippen molar-refractivity contribution in [1.82, 2.24) is 0 Å². The zero-order chi connectivity index (χ0) is 12.3. The van der Waals surface area contributed by atoms with E-state index in [0.717, 1.165) is 24.8 Å². The van der Waals surface area contributed by atoms with Crippen molar-refractivity contribution in [2.24, 2.45) is 5.73 Å². The van der Waals surface area contributed by atoms with Gasteiger partial charge in [0.15, 0.2) is 0 Å². The maximum atomic E-state index is 10.3. The number of unbranched alkanes of at least 4 members (excludes halogenated alkanes) is 2. The Morgan fingerprint density at radius 1 is 1.29 bits per heavy atom. The minimum absolute atomic E-state index is 0.444. The van der Waals surface area contributed by atoms with Crippen LogP contribution < -0.4 is 5.73 Å². The first-order valence-corrected chi connectivity index (χ1v) is 6.83. The fourth-order valence-electron chi connectivity index (χ4n) is 2.86. The van der Waals surface area contributed by atoms with Crippen LogP contribution in [0.25, 0.3) is 0 Å². The van der Waals surface area contributed by atoms with E-state index in [0.29, 0.717) is 12.3 Å². The Hall–Kier alpha value is -1.02. The van der Waals surface area contributed by atoms with Crippen LogP contribution in [0.5, 0.6) is 5.75 Å². The normalized spacial score (nSPS) is 14.0. The molecule has 2 heteroatoms. The van der Waals surface area contributed by atoms with Gasteiger partial charge in [0.2, 0.25) is 0 Å². The minimum atomic E-state index is 0.444. The van der Waals surface area contributed by atoms with Crippen molar-refractivity contribution in [2.45, 2.75) is 58.4 Å². The third-order valence-corrected chi connectivity index (χ3v) is 3.81. The molecule has 0 fully saturated rings. The summed E-state index contributed by atoms with van der Waals surface area (Å²) in [6, 6.07) is 2.11. The number of hydrogen-bond acceptors (Lipinski definition) is 2. The SMILES string of the molecule is CCCCCc1c(O)c(CN)cc2c1CCC2. The molecular weight excluding hydrogens is 210 g/mol. The molecular formula is C15H23NO. The summed E-state index contributed by atoms with van der Waals surface area (Å²) in [7, 11) is 0. The second-order valence-corrected chi connectivity index (χ2v) is 5.02. The van der Waals surface area contributed by atoms with Crippen molar-refractivity contribution in [1.29, 1.82) is 0 Å². The highest BCUT2D eigenvalue weighted by molar-refractivity contribution is 5.51. The first kappa shape index (κ1) is 12.4. The van der Waals surface area contributed by atoms with E-state index >= 15 is 0 Å². The van der Waals surface area contributed by atoms with E-state index in [2.05, 4.69) is 13.0 Å². The maximum absolute atomic E-state index is 10.3. The third kappa shape index (κ3) is 2.47. The number of rotatable bonds is 5. The lowest BCUT2D eigenvalue weighted by atomic mass is 9.94. The molecule has 3 N–H and O–H groups in total. The molecule has 94 valence electrons. The van der Waals surface area contributed by atoms with Gasteiger partial charge in [-0.15, -0.1) is 0 Å². The molecule has 1 aromatic rings. The molecule has 2 rings (SSSR count). The number of phenols is 1. The monoisotopic (exact) mass is 233 g/mol. The van der Waals surface area contributed by atoms with Crippen LogP contribution in [0, 0.1) is 0 Å². The summed E-state index contributed by atoms with van der Waals surface area (Å²) in [4.78, 5) is 0. The van der Waals surface area contributed by atoms with Crippen molar-refractivity contribution >= 4 is 0 Å². The number of fused-ring (bicyclic) bond motifs is 1. The summed E-state index contributed by atoms with van der Waals surface area (Å²) in [5, 5.41) is 10.3. The van der Waals surface area contributed by atoms with E-state index in [9.17, 15) is 5.11 Å². The second-order valence-electron chi connectivity index (χ2n) is 5.02. The predicted molar refractivity (Wildman–Crippen MR) is 71.3 cm³/mol. The average molecular weight is 233 g/mol. The minimum Gasteiger partial charge on any atom is -0.507 e. The van der Waals surface area contributed by atoms with Crippen LogP contribution in [0.2, 0.25) is 0 Å². The highest BCUT2D eigenvalue weighted by Crippen LogP contribution is 2.35. The molecule has 0 radical (unpaired) electrons. The number of benzene rings is 1. The van der Waals surface area contributed by atoms with Gasteiger partial charge in [0.05, 0.1) is 0 Å². The molecule has 0 aromatic heterocycles. The van der Waals surface area contributed by atoms with Crippen LogP contribution in [0.15, 0.2) is 6.07 Å². The van der Waals surface area contributed by atoms with Gasteiger partial charge in [-0.1, -0.05) is 25.8 Å². The third-order valence-electron chi connectivity index (χ3n) is 3.81. The summed E-state index contributed by atoms with van der Waals surface area (Å²) >= 11 is 0. The number of aromatic hydroxyl groups is 1. The Kier molecular flexibility index (Phi) is 4.06. The van der Waals surface area contributed by atoms with Gasteiger partial charge < -0.3 is 10.8 Å². The van der Waals surface area contributed by atoms with Crippen molar-refractivity contribution in [3.63, 3.8) is 0 Å². The molecule has 1 aliphatic carbocycles. The summed E-state index contributed by atoms with van der Waals surface area (Å²) in [5.74, 6) is 0.476. The van der Waals surface area contributed by atoms with E-state index in [-0.39, 0.29) is 0 Å². The zero-order valence-electron chi connectivity index (χ0n) is 10.8. The van der Waals surface area contributed by atoms with Crippen LogP contribution in [-0.2, 0) is 25.8 Å². The predicted octanol–water partition coefficient (Wildman–Crippen LogP) is 3.07. The number of aryl methyl sites for hydroxylation is 1. The molecule has 1 aliphatic rings. The molecule has 0 bridgehead atoms. The molecule has 1 aromatic carbocycles. The lowest BCUT2D eigenvalue weighted by Gasteiger charge is -2.14. The highest BCUT2D eigenvalue weighted by Gasteiger charge is 2.20. The van der Waals surface area contributed by atoms with Crippen molar-refractivity contribution in [2.75, 3.05) is 0 Å². The van der Waals surface area contributed by atoms with Gasteiger partial charge in [-0.2, -0.15) is 0 Å². The van der Waals surface area contributed by atoms with E-state index in [1.54, 1.807) is 0 Å². The largest absolute Gasteiger partial charge is 0.507 e. The number of nitrogens with two attached hydrogens (primary N) is 1. The van der Waals surface area contributed by atoms with Gasteiger partial charge in [0.25, 0.3) is 0 Å². The summed E-state index contributed by atoms with van der Waals surface area (Å²) in [6.07, 6.45) is 8.16. The van der Waals surface area contributed by atoms with Gasteiger partial charge in [-0.25, -0.2) is 0 Å². The molecule has 0 amide bonds. The van der Waals surface area contributed by atoms with Crippen LogP contribution >= 0.6 is 0 Å². The summed E-state index contributed by atoms with van der Waals surface area (Å²) < 4.78 is 0. The van der Waals surface area contributed by atoms with Crippen molar-refractivity contribution in [3.05, 3.63) is 28.3 Å². The molecule has 0 aliphatic heterocycles. The molecule has 2 nitrogen and oxygen atoms in total. The maximum Gasteiger partial charge on any atom is 0.123 e. The Balaban J connectivity index is 2.30. The molecule has 0 unspecified atom stereocenters. The van der Waals surface area contributed by atoms with E-state index < -0.39 is 0 Å². The lowest BCUT2D eigenvalue weighted by molar-refractivity contribution is 0.458. The quantitative estimate of drug-likeness (QED) is 0.768. The van der Waals surface area contributed by atoms with Gasteiger partial charge in [-0.05, 0) is 48.8 Å². The fourth-order valence-corrected chi connectivity index (χ4v) is 2.86. The van der Waals surface area contributed by atoms with Gasteiger partial charge in [-0.3, -0.25) is 0 Å². The Morgan fingerprint density at radius 2 is 2.12 bits per heavy atom. The Labute approximate surface area is 104 Å². The summed E-state index contributed by atoms with van der Waals surface area (Å²) in [5.41, 5.74) is 10.7. The Morgan fingerprint density at radius 3 is 2.82 bits per heavy atom. The number of phenolic OH excluding ortho intramolecular Hbond substituents is 1. The fraction of sp³-hybridized carbons (Fsp3) is 0.600. The molecule has 0 heterocycles. The molecule has 17 heavy (non-hydrogen) atoms. The number of hydrogen-bond donors (Lipinski definition) is 2. The molecule has 0 saturated heterocycles. The first-order chi connectivity index (χ1) is 8.27. The smallest absolute Gasteiger partial charge is 0.123 e. The van der Waals surface area contributed by atoms with Gasteiger partial charge in [0, 0.05) is 12.1 Å². The van der Waals surface area contributed by atoms with E-state index in [4.69, 9.17) is 5.73 Å². The van der Waals surface area contributed by atoms with Crippen molar-refractivity contribution < 1.29 is 5.11 Å². The lowest BCUT2D eigenvalue weighted by Crippen LogP contribution is -2.03. The van der Waals surface area contributed by atoms with E-state index in [1.165, 1.54) is 42.4 Å². The topological polar surface area (TPSA) is 46.2 Å². The van der Waals surface area contributed by atoms with E-state index in [1.807, 2.05) is 0 Å². The summed E-state index contributed by atoms with van der Waals surface area (Å²) in [6.45, 7) is 2.65.